The molecule has 1 N–H and O–H groups in total. The van der Waals surface area contributed by atoms with Gasteiger partial charge in [0.1, 0.15) is 12.0 Å². The Balaban J connectivity index is 2.96. The van der Waals surface area contributed by atoms with Crippen LogP contribution in [0.1, 0.15) is 17.5 Å². The average molecular weight is 243 g/mol. The normalized spacial score (nSPS) is 10.0. The molecule has 0 saturated carbocycles. The number of aromatic hydroxyl groups is 1. The van der Waals surface area contributed by atoms with Crippen molar-refractivity contribution in [2.24, 2.45) is 0 Å². The molecule has 0 amide bonds. The van der Waals surface area contributed by atoms with Crippen molar-refractivity contribution in [1.82, 2.24) is 0 Å². The number of carbonyl (C=O) groups excluding carboxylic acids is 1. The fourth-order valence-electron chi connectivity index (χ4n) is 1.12. The molecule has 0 spiro atoms. The highest BCUT2D eigenvalue weighted by Gasteiger charge is 2.06. The highest BCUT2D eigenvalue weighted by molar-refractivity contribution is 9.10. The van der Waals surface area contributed by atoms with Crippen molar-refractivity contribution in [2.45, 2.75) is 19.8 Å². The first-order valence-corrected chi connectivity index (χ1v) is 4.86. The van der Waals surface area contributed by atoms with Crippen molar-refractivity contribution < 1.29 is 9.90 Å². The molecule has 0 bridgehead atoms. The molecule has 1 rings (SSSR count). The van der Waals surface area contributed by atoms with Crippen molar-refractivity contribution in [3.63, 3.8) is 0 Å². The van der Waals surface area contributed by atoms with Gasteiger partial charge in [0.15, 0.2) is 0 Å². The van der Waals surface area contributed by atoms with Crippen molar-refractivity contribution in [3.8, 4) is 5.75 Å². The Labute approximate surface area is 85.7 Å². The maximum absolute atomic E-state index is 10.1. The summed E-state index contributed by atoms with van der Waals surface area (Å²) in [5.74, 6) is 0.252. The van der Waals surface area contributed by atoms with Gasteiger partial charge < -0.3 is 9.90 Å². The molecule has 0 fully saturated rings. The lowest BCUT2D eigenvalue weighted by atomic mass is 10.1. The van der Waals surface area contributed by atoms with E-state index in [9.17, 15) is 9.90 Å². The number of halogens is 1. The van der Waals surface area contributed by atoms with Crippen LogP contribution in [0.2, 0.25) is 0 Å². The molecule has 0 saturated heterocycles. The number of carbonyl (C=O) groups is 1. The van der Waals surface area contributed by atoms with Gasteiger partial charge in [0.05, 0.1) is 4.47 Å². The third-order valence-electron chi connectivity index (χ3n) is 1.92. The Morgan fingerprint density at radius 3 is 2.85 bits per heavy atom. The summed E-state index contributed by atoms with van der Waals surface area (Å²) in [7, 11) is 0. The maximum Gasteiger partial charge on any atom is 0.133 e. The van der Waals surface area contributed by atoms with E-state index < -0.39 is 0 Å². The van der Waals surface area contributed by atoms with Gasteiger partial charge in [-0.25, -0.2) is 0 Å². The average Bonchev–Trinajstić information content (AvgIpc) is 2.13. The molecule has 1 aromatic carbocycles. The van der Waals surface area contributed by atoms with Gasteiger partial charge >= 0.3 is 0 Å². The van der Waals surface area contributed by atoms with Gasteiger partial charge in [-0.05, 0) is 40.4 Å². The zero-order valence-corrected chi connectivity index (χ0v) is 8.97. The Kier molecular flexibility index (Phi) is 3.48. The number of hydrogen-bond donors (Lipinski definition) is 1. The predicted octanol–water partition coefficient (Wildman–Crippen LogP) is 2.59. The van der Waals surface area contributed by atoms with Crippen LogP contribution in [0.5, 0.6) is 5.75 Å². The number of rotatable bonds is 3. The van der Waals surface area contributed by atoms with Gasteiger partial charge in [0.25, 0.3) is 0 Å². The van der Waals surface area contributed by atoms with Crippen LogP contribution in [-0.2, 0) is 11.2 Å². The first kappa shape index (κ1) is 10.3. The molecular weight excluding hydrogens is 232 g/mol. The molecule has 0 heterocycles. The molecule has 0 unspecified atom stereocenters. The smallest absolute Gasteiger partial charge is 0.133 e. The second-order valence-corrected chi connectivity index (χ2v) is 3.70. The zero-order chi connectivity index (χ0) is 9.84. The lowest BCUT2D eigenvalue weighted by Gasteiger charge is -2.06. The highest BCUT2D eigenvalue weighted by Crippen LogP contribution is 2.31. The molecule has 3 heteroatoms. The zero-order valence-electron chi connectivity index (χ0n) is 7.38. The summed E-state index contributed by atoms with van der Waals surface area (Å²) in [5.41, 5.74) is 1.80. The van der Waals surface area contributed by atoms with Gasteiger partial charge in [-0.2, -0.15) is 0 Å². The van der Waals surface area contributed by atoms with E-state index in [0.717, 1.165) is 21.9 Å². The Bertz CT molecular complexity index is 321. The molecule has 70 valence electrons. The van der Waals surface area contributed by atoms with E-state index in [1.807, 2.05) is 19.1 Å². The third-order valence-corrected chi connectivity index (χ3v) is 2.93. The molecule has 0 aliphatic heterocycles. The number of aryl methyl sites for hydroxylation is 2. The fraction of sp³-hybridized carbons (Fsp3) is 0.300. The van der Waals surface area contributed by atoms with E-state index in [1.165, 1.54) is 0 Å². The Morgan fingerprint density at radius 2 is 2.23 bits per heavy atom. The van der Waals surface area contributed by atoms with Gasteiger partial charge in [-0.1, -0.05) is 12.1 Å². The number of benzene rings is 1. The molecule has 0 aliphatic rings. The summed E-state index contributed by atoms with van der Waals surface area (Å²) in [6, 6.07) is 3.77. The van der Waals surface area contributed by atoms with Crippen LogP contribution in [0.4, 0.5) is 0 Å². The lowest BCUT2D eigenvalue weighted by Crippen LogP contribution is -1.89. The topological polar surface area (TPSA) is 37.3 Å². The standard InChI is InChI=1S/C10H11BrO2/c1-7-4-5-8(3-2-6-12)10(13)9(7)11/h4-6,13H,2-3H2,1H3. The minimum absolute atomic E-state index is 0.252. The van der Waals surface area contributed by atoms with Crippen molar-refractivity contribution in [2.75, 3.05) is 0 Å². The number of hydrogen-bond acceptors (Lipinski definition) is 2. The van der Waals surface area contributed by atoms with E-state index in [4.69, 9.17) is 0 Å². The van der Waals surface area contributed by atoms with Gasteiger partial charge in [0.2, 0.25) is 0 Å². The van der Waals surface area contributed by atoms with E-state index in [-0.39, 0.29) is 5.75 Å². The molecule has 2 nitrogen and oxygen atoms in total. The highest BCUT2D eigenvalue weighted by atomic mass is 79.9. The molecular formula is C10H11BrO2. The van der Waals surface area contributed by atoms with E-state index in [1.54, 1.807) is 0 Å². The minimum Gasteiger partial charge on any atom is -0.506 e. The van der Waals surface area contributed by atoms with Crippen LogP contribution in [-0.4, -0.2) is 11.4 Å². The van der Waals surface area contributed by atoms with Crippen molar-refractivity contribution in [1.29, 1.82) is 0 Å². The molecule has 13 heavy (non-hydrogen) atoms. The second-order valence-electron chi connectivity index (χ2n) is 2.91. The van der Waals surface area contributed by atoms with Gasteiger partial charge in [0, 0.05) is 6.42 Å². The quantitative estimate of drug-likeness (QED) is 0.828. The summed E-state index contributed by atoms with van der Waals surface area (Å²) >= 11 is 3.28. The molecule has 0 aromatic heterocycles. The van der Waals surface area contributed by atoms with E-state index in [2.05, 4.69) is 15.9 Å². The summed E-state index contributed by atoms with van der Waals surface area (Å²) in [6.45, 7) is 1.91. The predicted molar refractivity (Wildman–Crippen MR) is 54.9 cm³/mol. The summed E-state index contributed by atoms with van der Waals surface area (Å²) in [5, 5.41) is 9.64. The van der Waals surface area contributed by atoms with E-state index in [0.29, 0.717) is 12.8 Å². The number of aldehydes is 1. The lowest BCUT2D eigenvalue weighted by molar-refractivity contribution is -0.107. The third kappa shape index (κ3) is 2.31. The summed E-state index contributed by atoms with van der Waals surface area (Å²) in [6.07, 6.45) is 1.89. The van der Waals surface area contributed by atoms with Crippen molar-refractivity contribution in [3.05, 3.63) is 27.7 Å². The van der Waals surface area contributed by atoms with Crippen LogP contribution in [0.3, 0.4) is 0 Å². The molecule has 0 aliphatic carbocycles. The SMILES string of the molecule is Cc1ccc(CCC=O)c(O)c1Br. The first-order chi connectivity index (χ1) is 6.16. The Morgan fingerprint density at radius 1 is 1.54 bits per heavy atom. The largest absolute Gasteiger partial charge is 0.506 e. The van der Waals surface area contributed by atoms with Crippen LogP contribution in [0.15, 0.2) is 16.6 Å². The van der Waals surface area contributed by atoms with Crippen LogP contribution in [0, 0.1) is 6.92 Å². The fourth-order valence-corrected chi connectivity index (χ4v) is 1.51. The van der Waals surface area contributed by atoms with E-state index >= 15 is 0 Å². The van der Waals surface area contributed by atoms with Crippen LogP contribution in [0.25, 0.3) is 0 Å². The number of phenolic OH excluding ortho intramolecular Hbond substituents is 1. The van der Waals surface area contributed by atoms with Crippen molar-refractivity contribution >= 4 is 22.2 Å². The molecule has 0 radical (unpaired) electrons. The summed E-state index contributed by atoms with van der Waals surface area (Å²) < 4.78 is 0.718. The summed E-state index contributed by atoms with van der Waals surface area (Å²) in [4.78, 5) is 10.1. The van der Waals surface area contributed by atoms with Gasteiger partial charge in [-0.3, -0.25) is 0 Å². The number of phenols is 1. The minimum atomic E-state index is 0.252. The second kappa shape index (κ2) is 4.42. The monoisotopic (exact) mass is 242 g/mol. The van der Waals surface area contributed by atoms with Crippen LogP contribution < -0.4 is 0 Å². The molecule has 0 atom stereocenters. The van der Waals surface area contributed by atoms with Crippen LogP contribution >= 0.6 is 15.9 Å². The first-order valence-electron chi connectivity index (χ1n) is 4.07. The molecule has 1 aromatic rings. The van der Waals surface area contributed by atoms with Gasteiger partial charge in [-0.15, -0.1) is 0 Å². The Hall–Kier alpha value is -0.830. The maximum atomic E-state index is 10.1.